The van der Waals surface area contributed by atoms with E-state index in [1.54, 1.807) is 5.56 Å². The first kappa shape index (κ1) is 14.6. The van der Waals surface area contributed by atoms with Gasteiger partial charge in [-0.2, -0.15) is 0 Å². The highest BCUT2D eigenvalue weighted by atomic mass is 14.5. The Balaban J connectivity index is 1.94. The summed E-state index contributed by atoms with van der Waals surface area (Å²) < 4.78 is 0. The first-order chi connectivity index (χ1) is 9.11. The lowest BCUT2D eigenvalue weighted by molar-refractivity contribution is 0.219. The summed E-state index contributed by atoms with van der Waals surface area (Å²) in [5.41, 5.74) is 9.09. The molecule has 1 fully saturated rings. The molecular weight excluding hydrogens is 230 g/mol. The van der Waals surface area contributed by atoms with Crippen molar-refractivity contribution in [3.63, 3.8) is 0 Å². The molecule has 1 atom stereocenters. The van der Waals surface area contributed by atoms with Gasteiger partial charge in [0.1, 0.15) is 0 Å². The molecule has 1 aliphatic carbocycles. The van der Waals surface area contributed by atoms with Gasteiger partial charge in [-0.3, -0.25) is 0 Å². The number of aryl methyl sites for hydroxylation is 1. The number of rotatable bonds is 5. The molecule has 2 N–H and O–H groups in total. The number of unbranched alkanes of at least 4 members (excludes halogenated alkanes) is 1. The minimum absolute atomic E-state index is 0.530. The molecule has 0 spiro atoms. The van der Waals surface area contributed by atoms with Gasteiger partial charge in [-0.1, -0.05) is 44.5 Å². The SMILES string of the molecule is CC1(C)CCCC(c2ccc(CCCCN)cc2)C1. The van der Waals surface area contributed by atoms with E-state index < -0.39 is 0 Å². The van der Waals surface area contributed by atoms with Crippen LogP contribution in [0.4, 0.5) is 0 Å². The van der Waals surface area contributed by atoms with Gasteiger partial charge in [-0.05, 0) is 67.5 Å². The molecule has 1 aromatic carbocycles. The summed E-state index contributed by atoms with van der Waals surface area (Å²) in [5.74, 6) is 0.779. The molecule has 1 nitrogen and oxygen atoms in total. The molecule has 0 aliphatic heterocycles. The van der Waals surface area contributed by atoms with Crippen molar-refractivity contribution in [2.24, 2.45) is 11.1 Å². The number of benzene rings is 1. The van der Waals surface area contributed by atoms with Gasteiger partial charge in [0.15, 0.2) is 0 Å². The van der Waals surface area contributed by atoms with E-state index in [2.05, 4.69) is 38.1 Å². The zero-order valence-corrected chi connectivity index (χ0v) is 12.6. The van der Waals surface area contributed by atoms with Gasteiger partial charge < -0.3 is 5.73 Å². The van der Waals surface area contributed by atoms with Crippen LogP contribution >= 0.6 is 0 Å². The molecule has 1 heteroatoms. The molecule has 1 aromatic rings. The maximum Gasteiger partial charge on any atom is -0.00772 e. The Labute approximate surface area is 118 Å². The highest BCUT2D eigenvalue weighted by Crippen LogP contribution is 2.43. The van der Waals surface area contributed by atoms with E-state index in [1.165, 1.54) is 44.1 Å². The largest absolute Gasteiger partial charge is 0.330 e. The first-order valence-corrected chi connectivity index (χ1v) is 7.90. The van der Waals surface area contributed by atoms with Crippen LogP contribution in [0, 0.1) is 5.41 Å². The fourth-order valence-electron chi connectivity index (χ4n) is 3.41. The van der Waals surface area contributed by atoms with Crippen LogP contribution in [0.5, 0.6) is 0 Å². The van der Waals surface area contributed by atoms with Crippen molar-refractivity contribution in [2.45, 2.75) is 64.7 Å². The molecule has 0 bridgehead atoms. The van der Waals surface area contributed by atoms with E-state index >= 15 is 0 Å². The summed E-state index contributed by atoms with van der Waals surface area (Å²) in [7, 11) is 0. The van der Waals surface area contributed by atoms with Gasteiger partial charge in [0.2, 0.25) is 0 Å². The second kappa shape index (κ2) is 6.56. The summed E-state index contributed by atoms with van der Waals surface area (Å²) >= 11 is 0. The summed E-state index contributed by atoms with van der Waals surface area (Å²) in [6.07, 6.45) is 9.02. The zero-order valence-electron chi connectivity index (χ0n) is 12.6. The third kappa shape index (κ3) is 4.35. The molecular formula is C18H29N. The minimum atomic E-state index is 0.530. The monoisotopic (exact) mass is 259 g/mol. The van der Waals surface area contributed by atoms with Gasteiger partial charge in [-0.15, -0.1) is 0 Å². The predicted molar refractivity (Wildman–Crippen MR) is 83.4 cm³/mol. The van der Waals surface area contributed by atoms with Crippen LogP contribution in [0.2, 0.25) is 0 Å². The van der Waals surface area contributed by atoms with Crippen LogP contribution in [0.1, 0.15) is 69.4 Å². The fraction of sp³-hybridized carbons (Fsp3) is 0.667. The van der Waals surface area contributed by atoms with E-state index in [4.69, 9.17) is 5.73 Å². The summed E-state index contributed by atoms with van der Waals surface area (Å²) in [5, 5.41) is 0. The Morgan fingerprint density at radius 1 is 1.16 bits per heavy atom. The second-order valence-corrected chi connectivity index (χ2v) is 6.94. The normalized spacial score (nSPS) is 22.4. The quantitative estimate of drug-likeness (QED) is 0.765. The molecule has 0 aromatic heterocycles. The maximum absolute atomic E-state index is 5.54. The lowest BCUT2D eigenvalue weighted by Crippen LogP contribution is -2.21. The van der Waals surface area contributed by atoms with E-state index in [-0.39, 0.29) is 0 Å². The minimum Gasteiger partial charge on any atom is -0.330 e. The fourth-order valence-corrected chi connectivity index (χ4v) is 3.41. The molecule has 106 valence electrons. The first-order valence-electron chi connectivity index (χ1n) is 7.90. The molecule has 0 saturated heterocycles. The van der Waals surface area contributed by atoms with Crippen molar-refractivity contribution in [1.29, 1.82) is 0 Å². The van der Waals surface area contributed by atoms with E-state index in [0.29, 0.717) is 5.41 Å². The van der Waals surface area contributed by atoms with Crippen LogP contribution in [0.15, 0.2) is 24.3 Å². The predicted octanol–water partition coefficient (Wildman–Crippen LogP) is 4.65. The molecule has 0 heterocycles. The average Bonchev–Trinajstić information content (AvgIpc) is 2.39. The molecule has 2 rings (SSSR count). The summed E-state index contributed by atoms with van der Waals surface area (Å²) in [6.45, 7) is 5.65. The van der Waals surface area contributed by atoms with Crippen LogP contribution in [-0.4, -0.2) is 6.54 Å². The molecule has 1 aliphatic rings. The van der Waals surface area contributed by atoms with E-state index in [0.717, 1.165) is 18.9 Å². The molecule has 19 heavy (non-hydrogen) atoms. The highest BCUT2D eigenvalue weighted by molar-refractivity contribution is 5.26. The van der Waals surface area contributed by atoms with Crippen LogP contribution in [-0.2, 0) is 6.42 Å². The van der Waals surface area contributed by atoms with E-state index in [9.17, 15) is 0 Å². The maximum atomic E-state index is 5.54. The Kier molecular flexibility index (Phi) is 5.04. The van der Waals surface area contributed by atoms with E-state index in [1.807, 2.05) is 0 Å². The number of hydrogen-bond donors (Lipinski definition) is 1. The van der Waals surface area contributed by atoms with Crippen molar-refractivity contribution in [3.8, 4) is 0 Å². The van der Waals surface area contributed by atoms with Crippen molar-refractivity contribution in [1.82, 2.24) is 0 Å². The standard InChI is InChI=1S/C18H29N/c1-18(2)12-5-7-17(14-18)16-10-8-15(9-11-16)6-3-4-13-19/h8-11,17H,3-7,12-14,19H2,1-2H3. The van der Waals surface area contributed by atoms with Crippen LogP contribution in [0.25, 0.3) is 0 Å². The highest BCUT2D eigenvalue weighted by Gasteiger charge is 2.28. The Morgan fingerprint density at radius 2 is 1.89 bits per heavy atom. The van der Waals surface area contributed by atoms with Crippen LogP contribution < -0.4 is 5.73 Å². The average molecular weight is 259 g/mol. The second-order valence-electron chi connectivity index (χ2n) is 6.94. The Morgan fingerprint density at radius 3 is 2.53 bits per heavy atom. The van der Waals surface area contributed by atoms with Gasteiger partial charge >= 0.3 is 0 Å². The van der Waals surface area contributed by atoms with Gasteiger partial charge in [0, 0.05) is 0 Å². The molecule has 0 amide bonds. The van der Waals surface area contributed by atoms with Crippen molar-refractivity contribution in [2.75, 3.05) is 6.54 Å². The lowest BCUT2D eigenvalue weighted by Gasteiger charge is -2.35. The van der Waals surface area contributed by atoms with Crippen molar-refractivity contribution >= 4 is 0 Å². The van der Waals surface area contributed by atoms with Crippen molar-refractivity contribution in [3.05, 3.63) is 35.4 Å². The number of hydrogen-bond acceptors (Lipinski definition) is 1. The van der Waals surface area contributed by atoms with Crippen LogP contribution in [0.3, 0.4) is 0 Å². The van der Waals surface area contributed by atoms with Gasteiger partial charge in [0.05, 0.1) is 0 Å². The zero-order chi connectivity index (χ0) is 13.7. The van der Waals surface area contributed by atoms with Gasteiger partial charge in [-0.25, -0.2) is 0 Å². The Hall–Kier alpha value is -0.820. The topological polar surface area (TPSA) is 26.0 Å². The summed E-state index contributed by atoms with van der Waals surface area (Å²) in [6, 6.07) is 9.38. The number of nitrogens with two attached hydrogens (primary N) is 1. The third-order valence-electron chi connectivity index (χ3n) is 4.58. The third-order valence-corrected chi connectivity index (χ3v) is 4.58. The van der Waals surface area contributed by atoms with Gasteiger partial charge in [0.25, 0.3) is 0 Å². The molecule has 1 saturated carbocycles. The smallest absolute Gasteiger partial charge is 0.00772 e. The van der Waals surface area contributed by atoms with Crippen molar-refractivity contribution < 1.29 is 0 Å². The molecule has 1 unspecified atom stereocenters. The molecule has 0 radical (unpaired) electrons. The Bertz CT molecular complexity index is 377. The summed E-state index contributed by atoms with van der Waals surface area (Å²) in [4.78, 5) is 0. The lowest BCUT2D eigenvalue weighted by atomic mass is 9.70.